The highest BCUT2D eigenvalue weighted by Crippen LogP contribution is 2.39. The Bertz CT molecular complexity index is 452. The highest BCUT2D eigenvalue weighted by Gasteiger charge is 2.15. The van der Waals surface area contributed by atoms with Crippen LogP contribution in [0.4, 0.5) is 10.5 Å². The monoisotopic (exact) mass is 296 g/mol. The molecule has 0 fully saturated rings. The average molecular weight is 296 g/mol. The molecule has 0 atom stereocenters. The Morgan fingerprint density at radius 2 is 1.71 bits per heavy atom. The molecule has 0 aliphatic carbocycles. The van der Waals surface area contributed by atoms with Crippen LogP contribution in [0.15, 0.2) is 12.1 Å². The number of hydrogen-bond acceptors (Lipinski definition) is 4. The molecule has 1 aromatic carbocycles. The van der Waals surface area contributed by atoms with Gasteiger partial charge in [-0.1, -0.05) is 13.3 Å². The second-order valence-electron chi connectivity index (χ2n) is 4.62. The van der Waals surface area contributed by atoms with Gasteiger partial charge in [0.1, 0.15) is 0 Å². The van der Waals surface area contributed by atoms with Gasteiger partial charge < -0.3 is 24.4 Å². The first kappa shape index (κ1) is 16.9. The highest BCUT2D eigenvalue weighted by atomic mass is 16.5. The van der Waals surface area contributed by atoms with Crippen LogP contribution < -0.4 is 19.5 Å². The largest absolute Gasteiger partial charge is 0.493 e. The van der Waals surface area contributed by atoms with Crippen LogP contribution in [0.1, 0.15) is 19.8 Å². The van der Waals surface area contributed by atoms with Crippen LogP contribution in [0.5, 0.6) is 17.2 Å². The first-order valence-electron chi connectivity index (χ1n) is 6.89. The predicted molar refractivity (Wildman–Crippen MR) is 82.7 cm³/mol. The first-order valence-corrected chi connectivity index (χ1v) is 6.89. The van der Waals surface area contributed by atoms with Crippen molar-refractivity contribution in [2.75, 3.05) is 40.2 Å². The number of methoxy groups -OCH3 is 3. The minimum Gasteiger partial charge on any atom is -0.493 e. The quantitative estimate of drug-likeness (QED) is 0.840. The van der Waals surface area contributed by atoms with Gasteiger partial charge in [-0.3, -0.25) is 0 Å². The Hall–Kier alpha value is -2.11. The number of urea groups is 1. The molecule has 1 rings (SSSR count). The molecule has 1 N–H and O–H groups in total. The van der Waals surface area contributed by atoms with E-state index in [0.29, 0.717) is 29.5 Å². The predicted octanol–water partition coefficient (Wildman–Crippen LogP) is 2.98. The molecule has 0 spiro atoms. The van der Waals surface area contributed by atoms with Gasteiger partial charge in [-0.15, -0.1) is 0 Å². The van der Waals surface area contributed by atoms with Crippen molar-refractivity contribution >= 4 is 11.7 Å². The number of ether oxygens (including phenoxy) is 3. The number of carbonyl (C=O) groups excluding carboxylic acids is 1. The fraction of sp³-hybridized carbons (Fsp3) is 0.533. The van der Waals surface area contributed by atoms with Crippen LogP contribution in [0.2, 0.25) is 0 Å². The van der Waals surface area contributed by atoms with Gasteiger partial charge in [-0.25, -0.2) is 4.79 Å². The van der Waals surface area contributed by atoms with Crippen LogP contribution in [0.25, 0.3) is 0 Å². The SMILES string of the molecule is CCCCN(C)C(=O)Nc1cc(OC)c(OC)c(OC)c1. The van der Waals surface area contributed by atoms with E-state index in [2.05, 4.69) is 12.2 Å². The molecule has 6 heteroatoms. The zero-order chi connectivity index (χ0) is 15.8. The van der Waals surface area contributed by atoms with Gasteiger partial charge in [0, 0.05) is 25.7 Å². The Kier molecular flexibility index (Phi) is 6.65. The van der Waals surface area contributed by atoms with Crippen LogP contribution in [0.3, 0.4) is 0 Å². The maximum Gasteiger partial charge on any atom is 0.321 e. The van der Waals surface area contributed by atoms with Crippen molar-refractivity contribution in [3.05, 3.63) is 12.1 Å². The molecule has 0 saturated heterocycles. The maximum absolute atomic E-state index is 12.1. The fourth-order valence-corrected chi connectivity index (χ4v) is 1.87. The zero-order valence-electron chi connectivity index (χ0n) is 13.4. The summed E-state index contributed by atoms with van der Waals surface area (Å²) in [5.41, 5.74) is 0.595. The molecule has 118 valence electrons. The number of nitrogens with one attached hydrogen (secondary N) is 1. The number of carbonyl (C=O) groups is 1. The molecule has 0 aromatic heterocycles. The number of rotatable bonds is 7. The number of benzene rings is 1. The summed E-state index contributed by atoms with van der Waals surface area (Å²) in [5.74, 6) is 1.50. The molecule has 0 heterocycles. The standard InChI is InChI=1S/C15H24N2O4/c1-6-7-8-17(2)15(18)16-11-9-12(19-3)14(21-5)13(10-11)20-4/h9-10H,6-8H2,1-5H3,(H,16,18). The number of anilines is 1. The third kappa shape index (κ3) is 4.44. The lowest BCUT2D eigenvalue weighted by atomic mass is 10.2. The second-order valence-corrected chi connectivity index (χ2v) is 4.62. The minimum absolute atomic E-state index is 0.169. The van der Waals surface area contributed by atoms with Crippen molar-refractivity contribution in [3.8, 4) is 17.2 Å². The van der Waals surface area contributed by atoms with Crippen LogP contribution in [0, 0.1) is 0 Å². The van der Waals surface area contributed by atoms with E-state index >= 15 is 0 Å². The highest BCUT2D eigenvalue weighted by molar-refractivity contribution is 5.90. The summed E-state index contributed by atoms with van der Waals surface area (Å²) < 4.78 is 15.8. The Morgan fingerprint density at radius 3 is 2.14 bits per heavy atom. The average Bonchev–Trinajstić information content (AvgIpc) is 2.51. The molecule has 1 aromatic rings. The van der Waals surface area contributed by atoms with E-state index in [1.807, 2.05) is 0 Å². The lowest BCUT2D eigenvalue weighted by molar-refractivity contribution is 0.222. The fourth-order valence-electron chi connectivity index (χ4n) is 1.87. The lowest BCUT2D eigenvalue weighted by Crippen LogP contribution is -2.32. The van der Waals surface area contributed by atoms with E-state index in [1.54, 1.807) is 24.1 Å². The van der Waals surface area contributed by atoms with E-state index < -0.39 is 0 Å². The molecule has 0 unspecified atom stereocenters. The smallest absolute Gasteiger partial charge is 0.321 e. The Labute approximate surface area is 126 Å². The number of unbranched alkanes of at least 4 members (excludes halogenated alkanes) is 1. The van der Waals surface area contributed by atoms with Gasteiger partial charge in [0.15, 0.2) is 11.5 Å². The summed E-state index contributed by atoms with van der Waals surface area (Å²) in [6.45, 7) is 2.80. The summed E-state index contributed by atoms with van der Waals surface area (Å²) >= 11 is 0. The molecule has 0 saturated carbocycles. The number of hydrogen-bond donors (Lipinski definition) is 1. The summed E-state index contributed by atoms with van der Waals surface area (Å²) in [6.07, 6.45) is 2.01. The van der Waals surface area contributed by atoms with E-state index in [1.165, 1.54) is 21.3 Å². The van der Waals surface area contributed by atoms with Gasteiger partial charge in [-0.2, -0.15) is 0 Å². The zero-order valence-corrected chi connectivity index (χ0v) is 13.4. The van der Waals surface area contributed by atoms with Crippen LogP contribution in [-0.4, -0.2) is 45.9 Å². The van der Waals surface area contributed by atoms with Crippen molar-refractivity contribution in [2.45, 2.75) is 19.8 Å². The number of nitrogens with zero attached hydrogens (tertiary/aromatic N) is 1. The van der Waals surface area contributed by atoms with Gasteiger partial charge in [-0.05, 0) is 6.42 Å². The molecule has 6 nitrogen and oxygen atoms in total. The van der Waals surface area contributed by atoms with Crippen molar-refractivity contribution in [3.63, 3.8) is 0 Å². The van der Waals surface area contributed by atoms with E-state index in [0.717, 1.165) is 12.8 Å². The minimum atomic E-state index is -0.169. The van der Waals surface area contributed by atoms with E-state index in [4.69, 9.17) is 14.2 Å². The normalized spacial score (nSPS) is 9.95. The lowest BCUT2D eigenvalue weighted by Gasteiger charge is -2.19. The Morgan fingerprint density at radius 1 is 1.14 bits per heavy atom. The van der Waals surface area contributed by atoms with Crippen molar-refractivity contribution < 1.29 is 19.0 Å². The topological polar surface area (TPSA) is 60.0 Å². The van der Waals surface area contributed by atoms with E-state index in [-0.39, 0.29) is 6.03 Å². The third-order valence-corrected chi connectivity index (χ3v) is 3.11. The van der Waals surface area contributed by atoms with Crippen molar-refractivity contribution in [2.24, 2.45) is 0 Å². The molecular weight excluding hydrogens is 272 g/mol. The van der Waals surface area contributed by atoms with Crippen molar-refractivity contribution in [1.29, 1.82) is 0 Å². The molecule has 0 radical (unpaired) electrons. The maximum atomic E-state index is 12.1. The second kappa shape index (κ2) is 8.24. The third-order valence-electron chi connectivity index (χ3n) is 3.11. The van der Waals surface area contributed by atoms with Crippen molar-refractivity contribution in [1.82, 2.24) is 4.90 Å². The van der Waals surface area contributed by atoms with Gasteiger partial charge in [0.05, 0.1) is 27.0 Å². The molecule has 21 heavy (non-hydrogen) atoms. The van der Waals surface area contributed by atoms with E-state index in [9.17, 15) is 4.79 Å². The Balaban J connectivity index is 2.91. The number of amides is 2. The molecule has 0 aliphatic rings. The van der Waals surface area contributed by atoms with Gasteiger partial charge in [0.25, 0.3) is 0 Å². The summed E-state index contributed by atoms with van der Waals surface area (Å²) in [5, 5.41) is 2.82. The summed E-state index contributed by atoms with van der Waals surface area (Å²) in [4.78, 5) is 13.7. The summed E-state index contributed by atoms with van der Waals surface area (Å²) in [7, 11) is 6.38. The first-order chi connectivity index (χ1) is 10.1. The van der Waals surface area contributed by atoms with Gasteiger partial charge >= 0.3 is 6.03 Å². The molecule has 0 bridgehead atoms. The molecule has 0 aliphatic heterocycles. The molecule has 2 amide bonds. The summed E-state index contributed by atoms with van der Waals surface area (Å²) in [6, 6.07) is 3.23. The van der Waals surface area contributed by atoms with Crippen LogP contribution in [-0.2, 0) is 0 Å². The van der Waals surface area contributed by atoms with Crippen LogP contribution >= 0.6 is 0 Å². The van der Waals surface area contributed by atoms with Gasteiger partial charge in [0.2, 0.25) is 5.75 Å². The molecular formula is C15H24N2O4.